The van der Waals surface area contributed by atoms with Crippen LogP contribution in [0.4, 0.5) is 0 Å². The summed E-state index contributed by atoms with van der Waals surface area (Å²) in [6.07, 6.45) is 14.7. The van der Waals surface area contributed by atoms with Gasteiger partial charge in [0.2, 0.25) is 0 Å². The zero-order valence-electron chi connectivity index (χ0n) is 19.5. The Morgan fingerprint density at radius 2 is 1.72 bits per heavy atom. The fraction of sp³-hybridized carbons (Fsp3) is 0.926. The highest BCUT2D eigenvalue weighted by atomic mass is 16.3. The van der Waals surface area contributed by atoms with Gasteiger partial charge in [0.1, 0.15) is 0 Å². The lowest BCUT2D eigenvalue weighted by Crippen LogP contribution is -2.56. The highest BCUT2D eigenvalue weighted by Crippen LogP contribution is 2.69. The first kappa shape index (κ1) is 21.9. The topological polar surface area (TPSA) is 40.5 Å². The third kappa shape index (κ3) is 3.36. The fourth-order valence-electron chi connectivity index (χ4n) is 9.20. The molecule has 10 atom stereocenters. The van der Waals surface area contributed by atoms with Crippen LogP contribution in [0.2, 0.25) is 0 Å². The molecule has 4 aliphatic rings. The van der Waals surface area contributed by atoms with Crippen molar-refractivity contribution >= 4 is 0 Å². The van der Waals surface area contributed by atoms with Gasteiger partial charge in [-0.1, -0.05) is 33.8 Å². The standard InChI is InChI=1S/C27H46O2/c1-6-8-24(28)18(3)21-11-12-22-20-10-9-19-17-27(29,7-2)16-15-25(19,4)23(20)13-14-26(21,22)5/h6,18-24,28-29H,1,7-17H2,2-5H3/t18-,19+,20-,21+,22-,23-,24+,25-,26+,27+/m0/s1. The number of fused-ring (bicyclic) bond motifs is 5. The Balaban J connectivity index is 1.53. The van der Waals surface area contributed by atoms with Crippen molar-refractivity contribution in [2.45, 2.75) is 110 Å². The smallest absolute Gasteiger partial charge is 0.0648 e. The van der Waals surface area contributed by atoms with E-state index in [2.05, 4.69) is 34.3 Å². The molecule has 4 rings (SSSR count). The first-order chi connectivity index (χ1) is 13.7. The Bertz CT molecular complexity index is 616. The van der Waals surface area contributed by atoms with Gasteiger partial charge in [0, 0.05) is 0 Å². The van der Waals surface area contributed by atoms with Crippen LogP contribution in [-0.2, 0) is 0 Å². The Kier molecular flexibility index (Phi) is 5.78. The van der Waals surface area contributed by atoms with E-state index in [9.17, 15) is 10.2 Å². The van der Waals surface area contributed by atoms with Crippen molar-refractivity contribution in [3.63, 3.8) is 0 Å². The Hall–Kier alpha value is -0.340. The highest BCUT2D eigenvalue weighted by molar-refractivity contribution is 5.11. The summed E-state index contributed by atoms with van der Waals surface area (Å²) in [5.41, 5.74) is 0.456. The summed E-state index contributed by atoms with van der Waals surface area (Å²) in [5.74, 6) is 4.32. The highest BCUT2D eigenvalue weighted by Gasteiger charge is 2.61. The van der Waals surface area contributed by atoms with Crippen molar-refractivity contribution in [2.24, 2.45) is 46.3 Å². The van der Waals surface area contributed by atoms with Crippen LogP contribution in [0, 0.1) is 46.3 Å². The molecule has 0 radical (unpaired) electrons. The SMILES string of the molecule is C=CC[C@@H](O)[C@@H](C)[C@H]1CC[C@H]2[C@@H]3CC[C@@H]4C[C@@](O)(CC)CC[C@]4(C)[C@H]3CC[C@]12C. The first-order valence-corrected chi connectivity index (χ1v) is 12.7. The third-order valence-electron chi connectivity index (χ3n) is 11.2. The van der Waals surface area contributed by atoms with Gasteiger partial charge >= 0.3 is 0 Å². The van der Waals surface area contributed by atoms with Gasteiger partial charge in [-0.05, 0) is 117 Å². The molecule has 2 nitrogen and oxygen atoms in total. The molecule has 2 heteroatoms. The van der Waals surface area contributed by atoms with E-state index in [0.717, 1.165) is 49.4 Å². The molecular formula is C27H46O2. The summed E-state index contributed by atoms with van der Waals surface area (Å²) >= 11 is 0. The van der Waals surface area contributed by atoms with Gasteiger partial charge in [-0.25, -0.2) is 0 Å². The van der Waals surface area contributed by atoms with Gasteiger partial charge in [0.25, 0.3) is 0 Å². The third-order valence-corrected chi connectivity index (χ3v) is 11.2. The molecule has 0 bridgehead atoms. The van der Waals surface area contributed by atoms with Crippen molar-refractivity contribution < 1.29 is 10.2 Å². The van der Waals surface area contributed by atoms with E-state index >= 15 is 0 Å². The molecule has 2 N–H and O–H groups in total. The summed E-state index contributed by atoms with van der Waals surface area (Å²) in [6, 6.07) is 0. The molecule has 0 saturated heterocycles. The molecule has 0 aromatic heterocycles. The molecule has 0 aromatic carbocycles. The van der Waals surface area contributed by atoms with Gasteiger partial charge in [0.05, 0.1) is 11.7 Å². The number of hydrogen-bond acceptors (Lipinski definition) is 2. The van der Waals surface area contributed by atoms with Crippen LogP contribution in [0.25, 0.3) is 0 Å². The summed E-state index contributed by atoms with van der Waals surface area (Å²) in [4.78, 5) is 0. The summed E-state index contributed by atoms with van der Waals surface area (Å²) in [5, 5.41) is 21.7. The maximum atomic E-state index is 11.0. The summed E-state index contributed by atoms with van der Waals surface area (Å²) in [7, 11) is 0. The lowest BCUT2D eigenvalue weighted by molar-refractivity contribution is -0.154. The molecule has 4 fully saturated rings. The van der Waals surface area contributed by atoms with Crippen molar-refractivity contribution in [3.8, 4) is 0 Å². The van der Waals surface area contributed by atoms with E-state index in [1.807, 2.05) is 6.08 Å². The minimum absolute atomic E-state index is 0.232. The molecule has 0 aliphatic heterocycles. The zero-order valence-corrected chi connectivity index (χ0v) is 19.5. The van der Waals surface area contributed by atoms with Crippen LogP contribution in [0.5, 0.6) is 0 Å². The molecule has 0 heterocycles. The van der Waals surface area contributed by atoms with Crippen LogP contribution in [0.15, 0.2) is 12.7 Å². The first-order valence-electron chi connectivity index (χ1n) is 12.7. The predicted molar refractivity (Wildman–Crippen MR) is 120 cm³/mol. The lowest BCUT2D eigenvalue weighted by atomic mass is 9.43. The van der Waals surface area contributed by atoms with Gasteiger partial charge in [-0.2, -0.15) is 0 Å². The van der Waals surface area contributed by atoms with E-state index < -0.39 is 5.60 Å². The van der Waals surface area contributed by atoms with Gasteiger partial charge in [-0.3, -0.25) is 0 Å². The molecule has 4 saturated carbocycles. The normalized spacial score (nSPS) is 51.4. The molecule has 0 unspecified atom stereocenters. The van der Waals surface area contributed by atoms with E-state index in [0.29, 0.717) is 22.7 Å². The molecule has 4 aliphatic carbocycles. The largest absolute Gasteiger partial charge is 0.393 e. The van der Waals surface area contributed by atoms with Gasteiger partial charge in [0.15, 0.2) is 0 Å². The average Bonchev–Trinajstić information content (AvgIpc) is 3.05. The fourth-order valence-corrected chi connectivity index (χ4v) is 9.20. The number of rotatable bonds is 5. The second kappa shape index (κ2) is 7.66. The van der Waals surface area contributed by atoms with Crippen molar-refractivity contribution in [1.82, 2.24) is 0 Å². The quantitative estimate of drug-likeness (QED) is 0.525. The van der Waals surface area contributed by atoms with Crippen LogP contribution in [0.1, 0.15) is 98.3 Å². The predicted octanol–water partition coefficient (Wildman–Crippen LogP) is 6.36. The molecule has 0 amide bonds. The minimum Gasteiger partial charge on any atom is -0.393 e. The monoisotopic (exact) mass is 402 g/mol. The van der Waals surface area contributed by atoms with Crippen LogP contribution < -0.4 is 0 Å². The molecule has 0 aromatic rings. The average molecular weight is 403 g/mol. The van der Waals surface area contributed by atoms with Crippen molar-refractivity contribution in [3.05, 3.63) is 12.7 Å². The van der Waals surface area contributed by atoms with Crippen molar-refractivity contribution in [1.29, 1.82) is 0 Å². The van der Waals surface area contributed by atoms with Crippen LogP contribution in [-0.4, -0.2) is 21.9 Å². The second-order valence-corrected chi connectivity index (χ2v) is 12.1. The maximum Gasteiger partial charge on any atom is 0.0648 e. The number of hydrogen-bond donors (Lipinski definition) is 2. The maximum absolute atomic E-state index is 11.0. The molecule has 0 spiro atoms. The van der Waals surface area contributed by atoms with Gasteiger partial charge < -0.3 is 10.2 Å². The van der Waals surface area contributed by atoms with E-state index in [1.54, 1.807) is 0 Å². The number of aliphatic hydroxyl groups excluding tert-OH is 1. The molecule has 166 valence electrons. The number of aliphatic hydroxyl groups is 2. The van der Waals surface area contributed by atoms with Crippen molar-refractivity contribution in [2.75, 3.05) is 0 Å². The Labute approximate surface area is 179 Å². The van der Waals surface area contributed by atoms with E-state index in [-0.39, 0.29) is 6.10 Å². The molecular weight excluding hydrogens is 356 g/mol. The molecule has 29 heavy (non-hydrogen) atoms. The minimum atomic E-state index is -0.393. The second-order valence-electron chi connectivity index (χ2n) is 12.1. The Morgan fingerprint density at radius 1 is 1.00 bits per heavy atom. The van der Waals surface area contributed by atoms with Crippen LogP contribution in [0.3, 0.4) is 0 Å². The summed E-state index contributed by atoms with van der Waals surface area (Å²) < 4.78 is 0. The summed E-state index contributed by atoms with van der Waals surface area (Å²) in [6.45, 7) is 13.5. The Morgan fingerprint density at radius 3 is 2.41 bits per heavy atom. The van der Waals surface area contributed by atoms with E-state index in [4.69, 9.17) is 0 Å². The zero-order chi connectivity index (χ0) is 21.0. The van der Waals surface area contributed by atoms with Gasteiger partial charge in [-0.15, -0.1) is 6.58 Å². The lowest BCUT2D eigenvalue weighted by Gasteiger charge is -2.62. The van der Waals surface area contributed by atoms with Crippen LogP contribution >= 0.6 is 0 Å². The van der Waals surface area contributed by atoms with E-state index in [1.165, 1.54) is 44.9 Å².